The van der Waals surface area contributed by atoms with Crippen LogP contribution in [0.4, 0.5) is 0 Å². The highest BCUT2D eigenvalue weighted by molar-refractivity contribution is 7.10. The van der Waals surface area contributed by atoms with Crippen LogP contribution in [-0.4, -0.2) is 40.1 Å². The van der Waals surface area contributed by atoms with Crippen molar-refractivity contribution in [3.63, 3.8) is 0 Å². The van der Waals surface area contributed by atoms with Gasteiger partial charge in [-0.05, 0) is 30.4 Å². The molecule has 0 saturated carbocycles. The molecule has 0 unspecified atom stereocenters. The number of fused-ring (bicyclic) bond motifs is 1. The molecule has 1 aliphatic heterocycles. The van der Waals surface area contributed by atoms with Crippen LogP contribution < -0.4 is 0 Å². The van der Waals surface area contributed by atoms with Gasteiger partial charge in [0.2, 0.25) is 0 Å². The maximum absolute atomic E-state index is 12.6. The zero-order valence-electron chi connectivity index (χ0n) is 15.0. The zero-order valence-corrected chi connectivity index (χ0v) is 15.8. The topological polar surface area (TPSA) is 87.1 Å². The molecular formula is C21H19NO5S. The number of amides is 1. The number of phenols is 2. The maximum Gasteiger partial charge on any atom is 0.342 e. The fraction of sp³-hybridized carbons (Fsp3) is 0.238. The number of carbonyl (C=O) groups is 2. The zero-order chi connectivity index (χ0) is 19.7. The third kappa shape index (κ3) is 3.29. The first kappa shape index (κ1) is 18.3. The Morgan fingerprint density at radius 1 is 1.14 bits per heavy atom. The van der Waals surface area contributed by atoms with Gasteiger partial charge in [0.25, 0.3) is 5.91 Å². The Kier molecular flexibility index (Phi) is 4.92. The van der Waals surface area contributed by atoms with Gasteiger partial charge in [0, 0.05) is 22.2 Å². The second-order valence-electron chi connectivity index (χ2n) is 6.67. The summed E-state index contributed by atoms with van der Waals surface area (Å²) in [7, 11) is 0. The van der Waals surface area contributed by atoms with Crippen LogP contribution >= 0.6 is 11.3 Å². The Hall–Kier alpha value is -3.06. The Bertz CT molecular complexity index is 1030. The van der Waals surface area contributed by atoms with Crippen LogP contribution in [0.1, 0.15) is 34.1 Å². The van der Waals surface area contributed by atoms with Gasteiger partial charge < -0.3 is 19.8 Å². The van der Waals surface area contributed by atoms with Crippen LogP contribution in [0.5, 0.6) is 11.5 Å². The highest BCUT2D eigenvalue weighted by atomic mass is 32.1. The number of likely N-dealkylation sites (tertiary alicyclic amines) is 1. The minimum atomic E-state index is -0.848. The summed E-state index contributed by atoms with van der Waals surface area (Å²) in [6, 6.07) is 11.8. The molecule has 1 saturated heterocycles. The van der Waals surface area contributed by atoms with Gasteiger partial charge in [-0.3, -0.25) is 4.79 Å². The smallest absolute Gasteiger partial charge is 0.342 e. The molecule has 2 heterocycles. The van der Waals surface area contributed by atoms with E-state index in [1.807, 2.05) is 17.5 Å². The summed E-state index contributed by atoms with van der Waals surface area (Å²) in [5.74, 6) is -1.53. The normalized spacial score (nSPS) is 16.4. The molecule has 144 valence electrons. The molecule has 0 aliphatic carbocycles. The van der Waals surface area contributed by atoms with E-state index in [0.717, 1.165) is 23.8 Å². The molecule has 1 aromatic heterocycles. The van der Waals surface area contributed by atoms with E-state index in [-0.39, 0.29) is 29.0 Å². The van der Waals surface area contributed by atoms with Gasteiger partial charge in [-0.25, -0.2) is 4.79 Å². The average Bonchev–Trinajstić information content (AvgIpc) is 3.40. The number of carbonyl (C=O) groups excluding carboxylic acids is 2. The second-order valence-corrected chi connectivity index (χ2v) is 7.65. The average molecular weight is 397 g/mol. The van der Waals surface area contributed by atoms with Crippen molar-refractivity contribution in [2.45, 2.75) is 18.9 Å². The van der Waals surface area contributed by atoms with Crippen LogP contribution in [0, 0.1) is 0 Å². The predicted molar refractivity (Wildman–Crippen MR) is 106 cm³/mol. The number of nitrogens with zero attached hydrogens (tertiary/aromatic N) is 1. The van der Waals surface area contributed by atoms with E-state index in [9.17, 15) is 19.8 Å². The lowest BCUT2D eigenvalue weighted by molar-refractivity contribution is -0.135. The van der Waals surface area contributed by atoms with Crippen molar-refractivity contribution in [1.29, 1.82) is 0 Å². The summed E-state index contributed by atoms with van der Waals surface area (Å²) in [6.45, 7) is 0.217. The van der Waals surface area contributed by atoms with Crippen LogP contribution in [0.2, 0.25) is 0 Å². The molecule has 0 spiro atoms. The number of thiophene rings is 1. The first-order valence-corrected chi connectivity index (χ1v) is 9.88. The maximum atomic E-state index is 12.6. The fourth-order valence-corrected chi connectivity index (χ4v) is 4.50. The molecule has 0 radical (unpaired) electrons. The molecule has 0 bridgehead atoms. The summed E-state index contributed by atoms with van der Waals surface area (Å²) in [5.41, 5.74) is -0.166. The van der Waals surface area contributed by atoms with Crippen molar-refractivity contribution in [1.82, 2.24) is 4.90 Å². The fourth-order valence-electron chi connectivity index (χ4n) is 3.63. The van der Waals surface area contributed by atoms with E-state index >= 15 is 0 Å². The largest absolute Gasteiger partial charge is 0.507 e. The van der Waals surface area contributed by atoms with Crippen LogP contribution in [0.15, 0.2) is 47.8 Å². The van der Waals surface area contributed by atoms with E-state index in [1.54, 1.807) is 40.5 Å². The molecule has 1 amide bonds. The summed E-state index contributed by atoms with van der Waals surface area (Å²) in [5, 5.41) is 23.3. The number of rotatable bonds is 4. The molecule has 6 nitrogen and oxygen atoms in total. The highest BCUT2D eigenvalue weighted by Crippen LogP contribution is 2.36. The number of hydrogen-bond donors (Lipinski definition) is 2. The predicted octanol–water partition coefficient (Wildman–Crippen LogP) is 3.83. The summed E-state index contributed by atoms with van der Waals surface area (Å²) in [4.78, 5) is 27.9. The van der Waals surface area contributed by atoms with Crippen molar-refractivity contribution < 1.29 is 24.5 Å². The minimum absolute atomic E-state index is 0.0179. The number of phenolic OH excluding ortho intramolecular Hbond substituents is 2. The molecule has 4 rings (SSSR count). The first-order valence-electron chi connectivity index (χ1n) is 9.00. The van der Waals surface area contributed by atoms with Gasteiger partial charge in [-0.15, -0.1) is 11.3 Å². The molecule has 1 atom stereocenters. The van der Waals surface area contributed by atoms with Crippen molar-refractivity contribution in [3.05, 3.63) is 58.3 Å². The molecule has 1 fully saturated rings. The van der Waals surface area contributed by atoms with Crippen LogP contribution in [0.3, 0.4) is 0 Å². The van der Waals surface area contributed by atoms with Gasteiger partial charge in [-0.2, -0.15) is 0 Å². The second kappa shape index (κ2) is 7.52. The van der Waals surface area contributed by atoms with E-state index < -0.39 is 12.6 Å². The summed E-state index contributed by atoms with van der Waals surface area (Å²) >= 11 is 1.60. The quantitative estimate of drug-likeness (QED) is 0.516. The molecule has 28 heavy (non-hydrogen) atoms. The lowest BCUT2D eigenvalue weighted by Crippen LogP contribution is -2.34. The minimum Gasteiger partial charge on any atom is -0.507 e. The standard InChI is InChI=1S/C21H19NO5S/c23-17-11-15(20(25)14-6-2-1-5-13(14)17)21(26)27-12-19(24)22-9-3-7-16(22)18-8-4-10-28-18/h1-2,4-6,8,10-11,16,23,25H,3,7,9,12H2/t16-/m0/s1. The van der Waals surface area contributed by atoms with Crippen molar-refractivity contribution in [3.8, 4) is 11.5 Å². The third-order valence-corrected chi connectivity index (χ3v) is 5.96. The first-order chi connectivity index (χ1) is 13.6. The number of hydrogen-bond acceptors (Lipinski definition) is 6. The molecule has 3 aromatic rings. The van der Waals surface area contributed by atoms with Gasteiger partial charge >= 0.3 is 5.97 Å². The van der Waals surface area contributed by atoms with E-state index in [1.165, 1.54) is 0 Å². The van der Waals surface area contributed by atoms with Gasteiger partial charge in [-0.1, -0.05) is 30.3 Å². The van der Waals surface area contributed by atoms with E-state index in [4.69, 9.17) is 4.74 Å². The van der Waals surface area contributed by atoms with E-state index in [0.29, 0.717) is 17.3 Å². The summed E-state index contributed by atoms with van der Waals surface area (Å²) < 4.78 is 5.15. The molecule has 7 heteroatoms. The Morgan fingerprint density at radius 3 is 2.68 bits per heavy atom. The number of benzene rings is 2. The Morgan fingerprint density at radius 2 is 1.93 bits per heavy atom. The van der Waals surface area contributed by atoms with Crippen LogP contribution in [0.25, 0.3) is 10.8 Å². The van der Waals surface area contributed by atoms with Crippen LogP contribution in [-0.2, 0) is 9.53 Å². The lowest BCUT2D eigenvalue weighted by Gasteiger charge is -2.23. The Balaban J connectivity index is 1.48. The molecule has 2 N–H and O–H groups in total. The van der Waals surface area contributed by atoms with Crippen molar-refractivity contribution >= 4 is 34.0 Å². The lowest BCUT2D eigenvalue weighted by atomic mass is 10.0. The number of ether oxygens (including phenoxy) is 1. The SMILES string of the molecule is O=C(OCC(=O)N1CCC[C@H]1c1cccs1)c1cc(O)c2ccccc2c1O. The van der Waals surface area contributed by atoms with Crippen molar-refractivity contribution in [2.75, 3.05) is 13.2 Å². The molecule has 2 aromatic carbocycles. The molecular weight excluding hydrogens is 378 g/mol. The Labute approximate surface area is 165 Å². The number of aromatic hydroxyl groups is 2. The third-order valence-electron chi connectivity index (χ3n) is 4.99. The summed E-state index contributed by atoms with van der Waals surface area (Å²) in [6.07, 6.45) is 1.79. The number of esters is 1. The van der Waals surface area contributed by atoms with E-state index in [2.05, 4.69) is 0 Å². The van der Waals surface area contributed by atoms with Crippen molar-refractivity contribution in [2.24, 2.45) is 0 Å². The molecule has 1 aliphatic rings. The van der Waals surface area contributed by atoms with Gasteiger partial charge in [0.15, 0.2) is 6.61 Å². The highest BCUT2D eigenvalue weighted by Gasteiger charge is 2.31. The van der Waals surface area contributed by atoms with Gasteiger partial charge in [0.05, 0.1) is 6.04 Å². The van der Waals surface area contributed by atoms with Gasteiger partial charge in [0.1, 0.15) is 17.1 Å². The monoisotopic (exact) mass is 397 g/mol.